The smallest absolute Gasteiger partial charge is 0.339 e. The van der Waals surface area contributed by atoms with Gasteiger partial charge in [-0.3, -0.25) is 14.4 Å². The number of aliphatic carboxylic acids is 1. The minimum Gasteiger partial charge on any atom is -0.481 e. The highest BCUT2D eigenvalue weighted by molar-refractivity contribution is 9.10. The molecule has 0 saturated heterocycles. The van der Waals surface area contributed by atoms with Gasteiger partial charge in [-0.1, -0.05) is 27.5 Å². The topological polar surface area (TPSA) is 118 Å². The molecule has 0 bridgehead atoms. The third kappa shape index (κ3) is 5.42. The van der Waals surface area contributed by atoms with E-state index in [-0.39, 0.29) is 48.0 Å². The molecule has 2 aliphatic carbocycles. The third-order valence-corrected chi connectivity index (χ3v) is 9.21. The average molecular weight is 635 g/mol. The van der Waals surface area contributed by atoms with Crippen molar-refractivity contribution in [1.29, 1.82) is 0 Å². The van der Waals surface area contributed by atoms with Crippen molar-refractivity contribution >= 4 is 55.2 Å². The molecule has 204 valence electrons. The summed E-state index contributed by atoms with van der Waals surface area (Å²) in [4.78, 5) is 40.2. The van der Waals surface area contributed by atoms with E-state index in [1.54, 1.807) is 12.1 Å². The van der Waals surface area contributed by atoms with Crippen LogP contribution >= 0.6 is 27.5 Å². The summed E-state index contributed by atoms with van der Waals surface area (Å²) in [6.07, 6.45) is 2.74. The molecular weight excluding hydrogens is 610 g/mol. The van der Waals surface area contributed by atoms with E-state index >= 15 is 0 Å². The highest BCUT2D eigenvalue weighted by Gasteiger charge is 2.44. The van der Waals surface area contributed by atoms with Crippen molar-refractivity contribution in [3.63, 3.8) is 0 Å². The van der Waals surface area contributed by atoms with E-state index < -0.39 is 22.0 Å². The maximum Gasteiger partial charge on any atom is 0.339 e. The zero-order chi connectivity index (χ0) is 27.9. The van der Waals surface area contributed by atoms with Gasteiger partial charge >= 0.3 is 16.1 Å². The SMILES string of the molecule is O=C(O)CCN1C2=C(C(=O)CCC2)C(c2cc(Br)ccc2OS(=O)(=O)c2ccc(Cl)cc2)C2=C1CCCC2=O. The molecular formula is C28H25BrClNO7S. The molecule has 0 saturated carbocycles. The van der Waals surface area contributed by atoms with Gasteiger partial charge in [-0.05, 0) is 68.1 Å². The van der Waals surface area contributed by atoms with Crippen molar-refractivity contribution in [1.82, 2.24) is 4.90 Å². The van der Waals surface area contributed by atoms with E-state index in [4.69, 9.17) is 15.8 Å². The van der Waals surface area contributed by atoms with Crippen molar-refractivity contribution in [2.75, 3.05) is 6.54 Å². The van der Waals surface area contributed by atoms with Gasteiger partial charge in [0.05, 0.1) is 6.42 Å². The molecule has 3 aliphatic rings. The summed E-state index contributed by atoms with van der Waals surface area (Å²) in [5, 5.41) is 9.75. The van der Waals surface area contributed by atoms with Crippen molar-refractivity contribution in [2.24, 2.45) is 0 Å². The number of hydrogen-bond donors (Lipinski definition) is 1. The van der Waals surface area contributed by atoms with Gasteiger partial charge in [0.15, 0.2) is 11.6 Å². The summed E-state index contributed by atoms with van der Waals surface area (Å²) >= 11 is 9.38. The van der Waals surface area contributed by atoms with Crippen LogP contribution in [0, 0.1) is 0 Å². The second-order valence-electron chi connectivity index (χ2n) is 9.68. The normalized spacial score (nSPS) is 18.3. The van der Waals surface area contributed by atoms with Gasteiger partial charge in [0, 0.05) is 62.9 Å². The van der Waals surface area contributed by atoms with E-state index in [2.05, 4.69) is 15.9 Å². The van der Waals surface area contributed by atoms with Crippen LogP contribution < -0.4 is 4.18 Å². The summed E-state index contributed by atoms with van der Waals surface area (Å²) < 4.78 is 32.7. The first-order chi connectivity index (χ1) is 18.6. The Morgan fingerprint density at radius 3 is 2.13 bits per heavy atom. The molecule has 0 aromatic heterocycles. The van der Waals surface area contributed by atoms with Gasteiger partial charge in [0.25, 0.3) is 0 Å². The number of nitrogens with zero attached hydrogens (tertiary/aromatic N) is 1. The number of benzene rings is 2. The van der Waals surface area contributed by atoms with Crippen LogP contribution in [-0.2, 0) is 24.5 Å². The second kappa shape index (κ2) is 10.9. The summed E-state index contributed by atoms with van der Waals surface area (Å²) in [6.45, 7) is 0.146. The number of carboxylic acid groups (broad SMARTS) is 1. The van der Waals surface area contributed by atoms with Gasteiger partial charge in [0.2, 0.25) is 0 Å². The predicted molar refractivity (Wildman–Crippen MR) is 147 cm³/mol. The Kier molecular flexibility index (Phi) is 7.72. The first-order valence-electron chi connectivity index (χ1n) is 12.6. The molecule has 8 nitrogen and oxygen atoms in total. The number of carboxylic acids is 1. The van der Waals surface area contributed by atoms with E-state index in [9.17, 15) is 27.9 Å². The number of rotatable bonds is 7. The molecule has 39 heavy (non-hydrogen) atoms. The number of Topliss-reactive ketones (excluding diaryl/α,β-unsaturated/α-hetero) is 2. The van der Waals surface area contributed by atoms with Crippen LogP contribution in [0.3, 0.4) is 0 Å². The molecule has 1 N–H and O–H groups in total. The van der Waals surface area contributed by atoms with E-state index in [1.165, 1.54) is 30.3 Å². The lowest BCUT2D eigenvalue weighted by molar-refractivity contribution is -0.137. The molecule has 2 aromatic rings. The van der Waals surface area contributed by atoms with Crippen molar-refractivity contribution < 1.29 is 32.1 Å². The zero-order valence-electron chi connectivity index (χ0n) is 20.8. The lowest BCUT2D eigenvalue weighted by atomic mass is 9.70. The van der Waals surface area contributed by atoms with Gasteiger partial charge in [0.1, 0.15) is 10.6 Å². The minimum atomic E-state index is -4.27. The lowest BCUT2D eigenvalue weighted by Gasteiger charge is -2.44. The Labute approximate surface area is 239 Å². The number of carbonyl (C=O) groups excluding carboxylic acids is 2. The predicted octanol–water partition coefficient (Wildman–Crippen LogP) is 5.76. The molecule has 0 atom stereocenters. The fraction of sp³-hybridized carbons (Fsp3) is 0.321. The highest BCUT2D eigenvalue weighted by atomic mass is 79.9. The number of halogens is 2. The Morgan fingerprint density at radius 2 is 1.56 bits per heavy atom. The maximum absolute atomic E-state index is 13.5. The number of ketones is 2. The Bertz CT molecular complexity index is 1500. The minimum absolute atomic E-state index is 0.00702. The Hall–Kier alpha value is -2.95. The van der Waals surface area contributed by atoms with Crippen LogP contribution in [0.2, 0.25) is 5.02 Å². The average Bonchev–Trinajstić information content (AvgIpc) is 2.88. The van der Waals surface area contributed by atoms with E-state index in [0.717, 1.165) is 0 Å². The van der Waals surface area contributed by atoms with Crippen molar-refractivity contribution in [3.8, 4) is 5.75 Å². The first kappa shape index (κ1) is 27.6. The zero-order valence-corrected chi connectivity index (χ0v) is 23.9. The number of allylic oxidation sites excluding steroid dienone is 4. The Balaban J connectivity index is 1.69. The second-order valence-corrected chi connectivity index (χ2v) is 12.6. The van der Waals surface area contributed by atoms with Gasteiger partial charge in [-0.2, -0.15) is 8.42 Å². The monoisotopic (exact) mass is 633 g/mol. The quantitative estimate of drug-likeness (QED) is 0.382. The van der Waals surface area contributed by atoms with Crippen LogP contribution in [-0.4, -0.2) is 42.5 Å². The molecule has 11 heteroatoms. The Morgan fingerprint density at radius 1 is 0.974 bits per heavy atom. The molecule has 0 fully saturated rings. The fourth-order valence-electron chi connectivity index (χ4n) is 5.59. The van der Waals surface area contributed by atoms with Gasteiger partial charge in [-0.25, -0.2) is 0 Å². The van der Waals surface area contributed by atoms with Crippen LogP contribution in [0.4, 0.5) is 0 Å². The molecule has 5 rings (SSSR count). The fourth-order valence-corrected chi connectivity index (χ4v) is 7.05. The summed E-state index contributed by atoms with van der Waals surface area (Å²) in [5.74, 6) is -2.08. The lowest BCUT2D eigenvalue weighted by Crippen LogP contribution is -2.40. The van der Waals surface area contributed by atoms with Crippen LogP contribution in [0.1, 0.15) is 56.4 Å². The molecule has 2 aromatic carbocycles. The van der Waals surface area contributed by atoms with Gasteiger partial charge in [-0.15, -0.1) is 0 Å². The summed E-state index contributed by atoms with van der Waals surface area (Å²) in [6, 6.07) is 10.4. The van der Waals surface area contributed by atoms with Crippen molar-refractivity contribution in [3.05, 3.63) is 80.1 Å². The molecule has 1 aliphatic heterocycles. The van der Waals surface area contributed by atoms with Crippen LogP contribution in [0.25, 0.3) is 0 Å². The van der Waals surface area contributed by atoms with E-state index in [0.29, 0.717) is 63.3 Å². The molecule has 0 spiro atoms. The standard InChI is InChI=1S/C28H25BrClNO7S/c29-16-7-12-24(38-39(36,37)18-10-8-17(30)9-11-18)19(15-16)26-27-20(3-1-5-22(27)32)31(14-13-25(34)35)21-4-2-6-23(33)28(21)26/h7-12,15,26H,1-6,13-14H2,(H,34,35). The summed E-state index contributed by atoms with van der Waals surface area (Å²) in [7, 11) is -4.27. The van der Waals surface area contributed by atoms with E-state index in [1.807, 2.05) is 4.90 Å². The van der Waals surface area contributed by atoms with Crippen LogP contribution in [0.5, 0.6) is 5.75 Å². The maximum atomic E-state index is 13.5. The van der Waals surface area contributed by atoms with Crippen molar-refractivity contribution in [2.45, 2.75) is 55.8 Å². The van der Waals surface area contributed by atoms with Gasteiger partial charge < -0.3 is 14.2 Å². The molecule has 0 unspecified atom stereocenters. The molecule has 0 radical (unpaired) electrons. The first-order valence-corrected chi connectivity index (χ1v) is 15.2. The number of carbonyl (C=O) groups is 3. The summed E-state index contributed by atoms with van der Waals surface area (Å²) in [5.41, 5.74) is 2.61. The van der Waals surface area contributed by atoms with Crippen LogP contribution in [0.15, 0.2) is 74.4 Å². The molecule has 0 amide bonds. The number of hydrogen-bond acceptors (Lipinski definition) is 7. The largest absolute Gasteiger partial charge is 0.481 e. The third-order valence-electron chi connectivity index (χ3n) is 7.22. The molecule has 1 heterocycles. The highest BCUT2D eigenvalue weighted by Crippen LogP contribution is 2.51.